The third kappa shape index (κ3) is 1.44. The summed E-state index contributed by atoms with van der Waals surface area (Å²) in [7, 11) is 0. The Hall–Kier alpha value is -1.03. The highest BCUT2D eigenvalue weighted by atomic mass is 79.9. The van der Waals surface area contributed by atoms with Gasteiger partial charge in [0.15, 0.2) is 0 Å². The lowest BCUT2D eigenvalue weighted by molar-refractivity contribution is 0.236. The van der Waals surface area contributed by atoms with Crippen molar-refractivity contribution in [3.8, 4) is 0 Å². The number of halogens is 1. The van der Waals surface area contributed by atoms with Crippen LogP contribution >= 0.6 is 15.9 Å². The van der Waals surface area contributed by atoms with Crippen LogP contribution in [-0.4, -0.2) is 18.1 Å². The highest BCUT2D eigenvalue weighted by Gasteiger charge is 2.52. The van der Waals surface area contributed by atoms with E-state index in [9.17, 15) is 4.79 Å². The number of hydrogen-bond acceptors (Lipinski definition) is 1. The smallest absolute Gasteiger partial charge is 0.322 e. The molecule has 1 heterocycles. The van der Waals surface area contributed by atoms with Crippen LogP contribution in [0, 0.1) is 0 Å². The molecule has 0 unspecified atom stereocenters. The van der Waals surface area contributed by atoms with Gasteiger partial charge in [-0.1, -0.05) is 12.1 Å². The first kappa shape index (κ1) is 10.1. The number of nitrogens with zero attached hydrogens (tertiary/aromatic N) is 1. The fourth-order valence-electron chi connectivity index (χ4n) is 2.42. The van der Waals surface area contributed by atoms with Gasteiger partial charge < -0.3 is 5.32 Å². The number of urea groups is 1. The Balaban J connectivity index is 2.04. The Morgan fingerprint density at radius 3 is 2.69 bits per heavy atom. The highest BCUT2D eigenvalue weighted by Crippen LogP contribution is 2.49. The monoisotopic (exact) mass is 280 g/mol. The van der Waals surface area contributed by atoms with Crippen LogP contribution in [0.3, 0.4) is 0 Å². The molecule has 4 heteroatoms. The van der Waals surface area contributed by atoms with Crippen molar-refractivity contribution in [2.45, 2.75) is 24.8 Å². The summed E-state index contributed by atoms with van der Waals surface area (Å²) in [4.78, 5) is 13.9. The predicted molar refractivity (Wildman–Crippen MR) is 66.6 cm³/mol. The van der Waals surface area contributed by atoms with Gasteiger partial charge in [-0.05, 0) is 47.3 Å². The zero-order valence-corrected chi connectivity index (χ0v) is 10.5. The van der Waals surface area contributed by atoms with E-state index in [-0.39, 0.29) is 11.6 Å². The van der Waals surface area contributed by atoms with Gasteiger partial charge in [-0.25, -0.2) is 4.79 Å². The Morgan fingerprint density at radius 2 is 2.00 bits per heavy atom. The van der Waals surface area contributed by atoms with E-state index in [1.54, 1.807) is 0 Å². The molecule has 16 heavy (non-hydrogen) atoms. The normalized spacial score (nSPS) is 22.1. The molecular formula is C12H13BrN2O. The fraction of sp³-hybridized carbons (Fsp3) is 0.417. The third-order valence-corrected chi connectivity index (χ3v) is 4.14. The number of amides is 2. The molecule has 0 atom stereocenters. The van der Waals surface area contributed by atoms with Crippen LogP contribution in [0.1, 0.15) is 19.3 Å². The van der Waals surface area contributed by atoms with E-state index in [1.807, 2.05) is 29.2 Å². The molecular weight excluding hydrogens is 268 g/mol. The first-order valence-corrected chi connectivity index (χ1v) is 6.35. The first-order valence-electron chi connectivity index (χ1n) is 5.56. The summed E-state index contributed by atoms with van der Waals surface area (Å²) in [6.45, 7) is 0.805. The van der Waals surface area contributed by atoms with Gasteiger partial charge in [0.2, 0.25) is 0 Å². The van der Waals surface area contributed by atoms with E-state index in [1.165, 1.54) is 0 Å². The standard InChI is InChI=1S/C12H13BrN2O/c13-9-3-1-2-4-10(9)15-11(16)14-8-7-12(15)5-6-12/h1-4H,5-8H2,(H,14,16). The van der Waals surface area contributed by atoms with Crippen LogP contribution < -0.4 is 10.2 Å². The number of benzene rings is 1. The zero-order valence-electron chi connectivity index (χ0n) is 8.87. The average molecular weight is 281 g/mol. The van der Waals surface area contributed by atoms with Crippen LogP contribution in [0.25, 0.3) is 0 Å². The van der Waals surface area contributed by atoms with E-state index in [0.29, 0.717) is 0 Å². The molecule has 2 amide bonds. The molecule has 1 aromatic carbocycles. The molecule has 1 N–H and O–H groups in total. The van der Waals surface area contributed by atoms with Crippen molar-refractivity contribution in [2.24, 2.45) is 0 Å². The number of anilines is 1. The summed E-state index contributed by atoms with van der Waals surface area (Å²) in [5, 5.41) is 2.92. The van der Waals surface area contributed by atoms with Crippen molar-refractivity contribution in [1.29, 1.82) is 0 Å². The number of hydrogen-bond donors (Lipinski definition) is 1. The predicted octanol–water partition coefficient (Wildman–Crippen LogP) is 2.90. The van der Waals surface area contributed by atoms with E-state index in [4.69, 9.17) is 0 Å². The van der Waals surface area contributed by atoms with Gasteiger partial charge >= 0.3 is 6.03 Å². The van der Waals surface area contributed by atoms with Crippen molar-refractivity contribution in [3.05, 3.63) is 28.7 Å². The molecule has 84 valence electrons. The molecule has 0 aromatic heterocycles. The minimum Gasteiger partial charge on any atom is -0.338 e. The maximum Gasteiger partial charge on any atom is 0.322 e. The molecule has 1 saturated heterocycles. The summed E-state index contributed by atoms with van der Waals surface area (Å²) < 4.78 is 0.985. The lowest BCUT2D eigenvalue weighted by Crippen LogP contribution is -2.54. The molecule has 3 nitrogen and oxygen atoms in total. The van der Waals surface area contributed by atoms with Gasteiger partial charge in [0.1, 0.15) is 0 Å². The summed E-state index contributed by atoms with van der Waals surface area (Å²) in [5.74, 6) is 0. The number of nitrogens with one attached hydrogen (secondary N) is 1. The minimum atomic E-state index is 0.0376. The van der Waals surface area contributed by atoms with Gasteiger partial charge in [-0.2, -0.15) is 0 Å². The van der Waals surface area contributed by atoms with E-state index in [2.05, 4.69) is 21.2 Å². The molecule has 0 radical (unpaired) electrons. The first-order chi connectivity index (χ1) is 7.73. The Labute approximate surface area is 103 Å². The Bertz CT molecular complexity index is 442. The van der Waals surface area contributed by atoms with E-state index in [0.717, 1.165) is 36.0 Å². The lowest BCUT2D eigenvalue weighted by Gasteiger charge is -2.37. The van der Waals surface area contributed by atoms with E-state index >= 15 is 0 Å². The van der Waals surface area contributed by atoms with Crippen molar-refractivity contribution in [3.63, 3.8) is 0 Å². The maximum atomic E-state index is 12.0. The maximum absolute atomic E-state index is 12.0. The van der Waals surface area contributed by atoms with Crippen LogP contribution in [-0.2, 0) is 0 Å². The molecule has 2 aliphatic rings. The van der Waals surface area contributed by atoms with Gasteiger partial charge in [-0.15, -0.1) is 0 Å². The van der Waals surface area contributed by atoms with Gasteiger partial charge in [0.05, 0.1) is 11.2 Å². The van der Waals surface area contributed by atoms with Crippen LogP contribution in [0.5, 0.6) is 0 Å². The topological polar surface area (TPSA) is 32.3 Å². The summed E-state index contributed by atoms with van der Waals surface area (Å²) in [6, 6.07) is 7.95. The summed E-state index contributed by atoms with van der Waals surface area (Å²) in [5.41, 5.74) is 1.09. The Kier molecular flexibility index (Phi) is 2.21. The second kappa shape index (κ2) is 3.48. The molecule has 3 rings (SSSR count). The van der Waals surface area contributed by atoms with Crippen LogP contribution in [0.15, 0.2) is 28.7 Å². The third-order valence-electron chi connectivity index (χ3n) is 3.46. The number of carbonyl (C=O) groups excluding carboxylic acids is 1. The molecule has 1 aliphatic carbocycles. The SMILES string of the molecule is O=C1NCCC2(CC2)N1c1ccccc1Br. The average Bonchev–Trinajstić information content (AvgIpc) is 3.01. The van der Waals surface area contributed by atoms with Crippen LogP contribution in [0.2, 0.25) is 0 Å². The molecule has 1 aliphatic heterocycles. The highest BCUT2D eigenvalue weighted by molar-refractivity contribution is 9.10. The largest absolute Gasteiger partial charge is 0.338 e. The minimum absolute atomic E-state index is 0.0376. The molecule has 2 fully saturated rings. The molecule has 0 bridgehead atoms. The fourth-order valence-corrected chi connectivity index (χ4v) is 2.89. The summed E-state index contributed by atoms with van der Waals surface area (Å²) >= 11 is 3.52. The van der Waals surface area contributed by atoms with Gasteiger partial charge in [-0.3, -0.25) is 4.90 Å². The molecule has 1 saturated carbocycles. The second-order valence-corrected chi connectivity index (χ2v) is 5.35. The van der Waals surface area contributed by atoms with Crippen molar-refractivity contribution < 1.29 is 4.79 Å². The van der Waals surface area contributed by atoms with Gasteiger partial charge in [0.25, 0.3) is 0 Å². The van der Waals surface area contributed by atoms with Crippen molar-refractivity contribution in [1.82, 2.24) is 5.32 Å². The van der Waals surface area contributed by atoms with E-state index < -0.39 is 0 Å². The number of rotatable bonds is 1. The summed E-state index contributed by atoms with van der Waals surface area (Å²) in [6.07, 6.45) is 3.31. The van der Waals surface area contributed by atoms with Crippen molar-refractivity contribution in [2.75, 3.05) is 11.4 Å². The van der Waals surface area contributed by atoms with Crippen LogP contribution in [0.4, 0.5) is 10.5 Å². The second-order valence-electron chi connectivity index (χ2n) is 4.49. The lowest BCUT2D eigenvalue weighted by atomic mass is 10.1. The number of carbonyl (C=O) groups is 1. The van der Waals surface area contributed by atoms with Crippen molar-refractivity contribution >= 4 is 27.6 Å². The zero-order chi connectivity index (χ0) is 11.2. The van der Waals surface area contributed by atoms with Gasteiger partial charge in [0, 0.05) is 11.0 Å². The molecule has 1 aromatic rings. The number of para-hydroxylation sites is 1. The Morgan fingerprint density at radius 1 is 1.25 bits per heavy atom. The molecule has 1 spiro atoms. The quantitative estimate of drug-likeness (QED) is 0.843.